The number of benzene rings is 1. The second kappa shape index (κ2) is 10.4. The van der Waals surface area contributed by atoms with Gasteiger partial charge < -0.3 is 24.8 Å². The molecule has 0 bridgehead atoms. The highest BCUT2D eigenvalue weighted by Gasteiger charge is 2.57. The van der Waals surface area contributed by atoms with Crippen LogP contribution in [0.5, 0.6) is 5.75 Å². The number of nitrogens with one attached hydrogen (secondary N) is 1. The Balaban J connectivity index is 1.86. The quantitative estimate of drug-likeness (QED) is 0.328. The molecule has 2 heterocycles. The number of hydrogen-bond acceptors (Lipinski definition) is 10. The van der Waals surface area contributed by atoms with E-state index in [0.29, 0.717) is 0 Å². The number of methoxy groups -OCH3 is 1. The number of anilines is 1. The number of nitrogens with two attached hydrogens (primary N) is 1. The third kappa shape index (κ3) is 5.88. The summed E-state index contributed by atoms with van der Waals surface area (Å²) in [5.74, 6) is -0.640. The normalized spacial score (nSPS) is 27.5. The van der Waals surface area contributed by atoms with E-state index in [1.54, 1.807) is 18.2 Å². The van der Waals surface area contributed by atoms with Crippen LogP contribution in [0.15, 0.2) is 47.4 Å². The van der Waals surface area contributed by atoms with Gasteiger partial charge in [0.25, 0.3) is 0 Å². The molecular weight excluding hydrogens is 486 g/mol. The van der Waals surface area contributed by atoms with Crippen LogP contribution in [0.4, 0.5) is 10.2 Å². The van der Waals surface area contributed by atoms with E-state index in [-0.39, 0.29) is 11.6 Å². The Morgan fingerprint density at radius 1 is 1.34 bits per heavy atom. The molecule has 192 valence electrons. The Labute approximate surface area is 200 Å². The Morgan fingerprint density at radius 2 is 2.00 bits per heavy atom. The molecule has 4 N–H and O–H groups in total. The molecule has 35 heavy (non-hydrogen) atoms. The fourth-order valence-corrected chi connectivity index (χ4v) is 5.27. The molecule has 0 spiro atoms. The van der Waals surface area contributed by atoms with Gasteiger partial charge in [0.05, 0.1) is 13.2 Å². The van der Waals surface area contributed by atoms with E-state index in [1.165, 1.54) is 38.2 Å². The average molecular weight is 514 g/mol. The number of aromatic nitrogens is 2. The molecule has 1 aliphatic heterocycles. The number of rotatable bonds is 9. The molecule has 0 saturated carbocycles. The first-order valence-corrected chi connectivity index (χ1v) is 12.2. The Kier molecular flexibility index (Phi) is 7.97. The van der Waals surface area contributed by atoms with Crippen molar-refractivity contribution in [2.75, 3.05) is 12.8 Å². The molecule has 3 rings (SSSR count). The molecule has 1 aliphatic rings. The summed E-state index contributed by atoms with van der Waals surface area (Å²) in [7, 11) is -3.15. The number of esters is 1. The van der Waals surface area contributed by atoms with Crippen LogP contribution in [0.1, 0.15) is 27.0 Å². The maximum atomic E-state index is 15.6. The van der Waals surface area contributed by atoms with Crippen molar-refractivity contribution in [3.8, 4) is 5.75 Å². The third-order valence-corrected chi connectivity index (χ3v) is 7.17. The minimum atomic E-state index is -4.31. The van der Waals surface area contributed by atoms with E-state index in [1.807, 2.05) is 0 Å². The monoisotopic (exact) mass is 514 g/mol. The van der Waals surface area contributed by atoms with Crippen LogP contribution in [0, 0.1) is 0 Å². The van der Waals surface area contributed by atoms with E-state index < -0.39 is 55.7 Å². The highest BCUT2D eigenvalue weighted by atomic mass is 31.2. The van der Waals surface area contributed by atoms with Gasteiger partial charge in [-0.15, -0.1) is 0 Å². The van der Waals surface area contributed by atoms with Gasteiger partial charge in [-0.25, -0.2) is 13.8 Å². The maximum absolute atomic E-state index is 15.6. The van der Waals surface area contributed by atoms with Gasteiger partial charge >= 0.3 is 19.4 Å². The fraction of sp³-hybridized carbons (Fsp3) is 0.476. The molecule has 12 nitrogen and oxygen atoms in total. The zero-order chi connectivity index (χ0) is 26.0. The predicted octanol–water partition coefficient (Wildman–Crippen LogP) is 1.56. The van der Waals surface area contributed by atoms with Crippen molar-refractivity contribution in [1.29, 1.82) is 0 Å². The van der Waals surface area contributed by atoms with Gasteiger partial charge in [-0.2, -0.15) is 10.1 Å². The zero-order valence-corrected chi connectivity index (χ0v) is 20.4. The van der Waals surface area contributed by atoms with Crippen molar-refractivity contribution >= 4 is 19.5 Å². The number of nitrogens with zero attached hydrogens (tertiary/aromatic N) is 2. The van der Waals surface area contributed by atoms with Crippen LogP contribution < -0.4 is 21.0 Å². The molecule has 0 aliphatic carbocycles. The van der Waals surface area contributed by atoms with Gasteiger partial charge in [0.1, 0.15) is 29.8 Å². The second-order valence-corrected chi connectivity index (χ2v) is 9.82. The largest absolute Gasteiger partial charge is 0.468 e. The third-order valence-electron chi connectivity index (χ3n) is 5.41. The zero-order valence-electron chi connectivity index (χ0n) is 19.5. The highest BCUT2D eigenvalue weighted by molar-refractivity contribution is 7.52. The lowest BCUT2D eigenvalue weighted by Crippen LogP contribution is -2.45. The van der Waals surface area contributed by atoms with Crippen molar-refractivity contribution < 1.29 is 37.4 Å². The molecule has 1 unspecified atom stereocenters. The van der Waals surface area contributed by atoms with Gasteiger partial charge in [0.15, 0.2) is 11.9 Å². The number of alkyl halides is 1. The lowest BCUT2D eigenvalue weighted by Gasteiger charge is -2.29. The first kappa shape index (κ1) is 26.8. The maximum Gasteiger partial charge on any atom is 0.459 e. The summed E-state index contributed by atoms with van der Waals surface area (Å²) >= 11 is 0. The topological polar surface area (TPSA) is 164 Å². The van der Waals surface area contributed by atoms with Crippen LogP contribution in [-0.4, -0.2) is 57.8 Å². The minimum Gasteiger partial charge on any atom is -0.468 e. The number of carbonyl (C=O) groups is 1. The first-order chi connectivity index (χ1) is 16.4. The number of para-hydroxylation sites is 1. The minimum absolute atomic E-state index is 0.0663. The first-order valence-electron chi connectivity index (χ1n) is 10.6. The number of ether oxygens (including phenoxy) is 2. The van der Waals surface area contributed by atoms with Gasteiger partial charge in [0, 0.05) is 6.20 Å². The van der Waals surface area contributed by atoms with Crippen molar-refractivity contribution in [2.45, 2.75) is 57.0 Å². The van der Waals surface area contributed by atoms with Crippen LogP contribution in [0.25, 0.3) is 0 Å². The average Bonchev–Trinajstić information content (AvgIpc) is 3.02. The van der Waals surface area contributed by atoms with Crippen LogP contribution in [0.2, 0.25) is 0 Å². The number of halogens is 1. The molecule has 0 amide bonds. The predicted molar refractivity (Wildman–Crippen MR) is 122 cm³/mol. The lowest BCUT2D eigenvalue weighted by atomic mass is 9.96. The van der Waals surface area contributed by atoms with Gasteiger partial charge in [0.2, 0.25) is 0 Å². The van der Waals surface area contributed by atoms with Crippen molar-refractivity contribution in [2.24, 2.45) is 0 Å². The molecule has 0 radical (unpaired) electrons. The van der Waals surface area contributed by atoms with Crippen molar-refractivity contribution in [3.05, 3.63) is 53.1 Å². The van der Waals surface area contributed by atoms with Crippen LogP contribution in [-0.2, 0) is 23.4 Å². The highest BCUT2D eigenvalue weighted by Crippen LogP contribution is 2.49. The summed E-state index contributed by atoms with van der Waals surface area (Å²) < 4.78 is 51.5. The molecule has 14 heteroatoms. The standard InChI is InChI=1S/C21H28FN4O8P/c1-12(18(28)31-4)25-35(30,34-14-8-6-5-7-9-14)33-13(2)16-17(27)21(3,22)19(32-16)26-11-10-15(23)24-20(26)29/h5-13,16-17,19,27H,1-4H3,(H,25,30)(H2,23,24,29)/t12-,13-,16+,17+,19+,21+,35?/m0/s1. The summed E-state index contributed by atoms with van der Waals surface area (Å²) in [5.41, 5.74) is 2.15. The number of aliphatic hydroxyl groups excluding tert-OH is 1. The van der Waals surface area contributed by atoms with Gasteiger partial charge in [-0.3, -0.25) is 13.9 Å². The molecule has 2 aromatic rings. The smallest absolute Gasteiger partial charge is 0.459 e. The molecule has 1 aromatic carbocycles. The summed E-state index contributed by atoms with van der Waals surface area (Å²) in [4.78, 5) is 27.7. The molecule has 1 aromatic heterocycles. The number of nitrogen functional groups attached to an aromatic ring is 1. The molecule has 1 fully saturated rings. The Morgan fingerprint density at radius 3 is 2.60 bits per heavy atom. The summed E-state index contributed by atoms with van der Waals surface area (Å²) in [5, 5.41) is 13.2. The van der Waals surface area contributed by atoms with Gasteiger partial charge in [-0.1, -0.05) is 18.2 Å². The van der Waals surface area contributed by atoms with Crippen LogP contribution >= 0.6 is 7.75 Å². The lowest BCUT2D eigenvalue weighted by molar-refractivity contribution is -0.142. The molecular formula is C21H28FN4O8P. The van der Waals surface area contributed by atoms with Crippen LogP contribution in [0.3, 0.4) is 0 Å². The number of hydrogen-bond donors (Lipinski definition) is 3. The van der Waals surface area contributed by atoms with E-state index >= 15 is 4.39 Å². The molecule has 1 saturated heterocycles. The SMILES string of the molecule is COC(=O)[C@H](C)NP(=O)(Oc1ccccc1)O[C@@H](C)[C@H]1O[C@@H](n2ccc(N)nc2=O)[C@](C)(F)[C@@H]1O. The number of aliphatic hydroxyl groups is 1. The van der Waals surface area contributed by atoms with Crippen molar-refractivity contribution in [1.82, 2.24) is 14.6 Å². The summed E-state index contributed by atoms with van der Waals surface area (Å²) in [6.45, 7) is 3.81. The Hall–Kier alpha value is -2.83. The summed E-state index contributed by atoms with van der Waals surface area (Å²) in [6, 6.07) is 8.19. The van der Waals surface area contributed by atoms with E-state index in [4.69, 9.17) is 19.5 Å². The van der Waals surface area contributed by atoms with E-state index in [0.717, 1.165) is 18.6 Å². The van der Waals surface area contributed by atoms with E-state index in [2.05, 4.69) is 14.8 Å². The second-order valence-electron chi connectivity index (χ2n) is 8.18. The van der Waals surface area contributed by atoms with E-state index in [9.17, 15) is 19.3 Å². The summed E-state index contributed by atoms with van der Waals surface area (Å²) in [6.07, 6.45) is -4.81. The molecule has 7 atom stereocenters. The number of carbonyl (C=O) groups excluding carboxylic acids is 1. The van der Waals surface area contributed by atoms with Gasteiger partial charge in [-0.05, 0) is 39.0 Å². The fourth-order valence-electron chi connectivity index (χ4n) is 3.58. The Bertz CT molecular complexity index is 1150. The van der Waals surface area contributed by atoms with Crippen molar-refractivity contribution in [3.63, 3.8) is 0 Å².